The molecule has 0 aromatic carbocycles. The maximum absolute atomic E-state index is 12.5. The smallest absolute Gasteiger partial charge is 0.254 e. The second kappa shape index (κ2) is 10.2. The second-order valence-corrected chi connectivity index (χ2v) is 7.03. The number of nitrogens with zero attached hydrogens (tertiary/aromatic N) is 4. The molecule has 1 aliphatic rings. The number of ether oxygens (including phenoxy) is 1. The van der Waals surface area contributed by atoms with Crippen molar-refractivity contribution in [2.24, 2.45) is 0 Å². The van der Waals surface area contributed by atoms with E-state index in [1.807, 2.05) is 18.2 Å². The van der Waals surface area contributed by atoms with E-state index in [0.717, 1.165) is 22.2 Å². The van der Waals surface area contributed by atoms with Gasteiger partial charge in [-0.15, -0.1) is 0 Å². The summed E-state index contributed by atoms with van der Waals surface area (Å²) < 4.78 is 5.38. The summed E-state index contributed by atoms with van der Waals surface area (Å²) in [5.74, 6) is -0.598. The molecule has 3 N–H and O–H groups in total. The third-order valence-electron chi connectivity index (χ3n) is 4.89. The van der Waals surface area contributed by atoms with Crippen molar-refractivity contribution in [2.75, 3.05) is 13.7 Å². The second-order valence-electron chi connectivity index (χ2n) is 7.03. The van der Waals surface area contributed by atoms with Crippen molar-refractivity contribution >= 4 is 12.3 Å². The first-order chi connectivity index (χ1) is 14.9. The quantitative estimate of drug-likeness (QED) is 0.376. The Morgan fingerprint density at radius 1 is 1.19 bits per heavy atom. The standard InChI is InChI=1S/C21H24N4O6/c1-24(21-20(30)19(29)17(12-26)31-21)9-6-18(28)25(13-27)11-15-10-14(5-8-22-15)16-4-2-3-7-23-16/h2-10,13,17,19-21,26,29-30H,11-12H2,1H3/b9-6-. The topological polar surface area (TPSA) is 136 Å². The van der Waals surface area contributed by atoms with Crippen LogP contribution >= 0.6 is 0 Å². The first-order valence-electron chi connectivity index (χ1n) is 9.59. The number of hydrogen-bond acceptors (Lipinski definition) is 9. The normalized spacial score (nSPS) is 23.1. The first-order valence-corrected chi connectivity index (χ1v) is 9.59. The molecule has 4 unspecified atom stereocenters. The van der Waals surface area contributed by atoms with Gasteiger partial charge in [-0.25, -0.2) is 0 Å². The van der Waals surface area contributed by atoms with Crippen molar-refractivity contribution in [3.63, 3.8) is 0 Å². The van der Waals surface area contributed by atoms with Crippen molar-refractivity contribution in [3.05, 3.63) is 60.7 Å². The van der Waals surface area contributed by atoms with Crippen LogP contribution in [0.5, 0.6) is 0 Å². The number of imide groups is 1. The Bertz CT molecular complexity index is 925. The predicted octanol–water partition coefficient (Wildman–Crippen LogP) is -0.487. The summed E-state index contributed by atoms with van der Waals surface area (Å²) in [5, 5.41) is 29.0. The van der Waals surface area contributed by atoms with E-state index in [-0.39, 0.29) is 6.54 Å². The molecule has 2 aromatic heterocycles. The van der Waals surface area contributed by atoms with Crippen LogP contribution in [0, 0.1) is 0 Å². The summed E-state index contributed by atoms with van der Waals surface area (Å²) in [4.78, 5) is 34.8. The summed E-state index contributed by atoms with van der Waals surface area (Å²) in [6, 6.07) is 9.05. The minimum Gasteiger partial charge on any atom is -0.394 e. The summed E-state index contributed by atoms with van der Waals surface area (Å²) in [6.45, 7) is -0.486. The summed E-state index contributed by atoms with van der Waals surface area (Å²) >= 11 is 0. The minimum absolute atomic E-state index is 0.0368. The van der Waals surface area contributed by atoms with Crippen LogP contribution < -0.4 is 0 Å². The van der Waals surface area contributed by atoms with Gasteiger partial charge in [0.2, 0.25) is 6.41 Å². The fourth-order valence-electron chi connectivity index (χ4n) is 3.18. The van der Waals surface area contributed by atoms with Crippen LogP contribution in [0.2, 0.25) is 0 Å². The van der Waals surface area contributed by atoms with E-state index in [4.69, 9.17) is 9.84 Å². The molecule has 2 aromatic rings. The van der Waals surface area contributed by atoms with Crippen LogP contribution in [-0.2, 0) is 20.9 Å². The zero-order chi connectivity index (χ0) is 22.4. The van der Waals surface area contributed by atoms with E-state index >= 15 is 0 Å². The molecule has 1 aliphatic heterocycles. The van der Waals surface area contributed by atoms with Gasteiger partial charge in [0.15, 0.2) is 6.23 Å². The van der Waals surface area contributed by atoms with Crippen LogP contribution in [0.3, 0.4) is 0 Å². The van der Waals surface area contributed by atoms with Gasteiger partial charge in [0.05, 0.1) is 24.5 Å². The number of pyridine rings is 2. The lowest BCUT2D eigenvalue weighted by molar-refractivity contribution is -0.135. The first kappa shape index (κ1) is 22.5. The number of amides is 2. The van der Waals surface area contributed by atoms with Gasteiger partial charge < -0.3 is 25.0 Å². The number of aromatic nitrogens is 2. The van der Waals surface area contributed by atoms with Gasteiger partial charge in [-0.05, 0) is 24.3 Å². The van der Waals surface area contributed by atoms with Crippen LogP contribution in [0.25, 0.3) is 11.3 Å². The molecule has 0 saturated carbocycles. The molecule has 164 valence electrons. The van der Waals surface area contributed by atoms with Gasteiger partial charge in [-0.2, -0.15) is 0 Å². The van der Waals surface area contributed by atoms with Gasteiger partial charge in [-0.3, -0.25) is 24.5 Å². The van der Waals surface area contributed by atoms with Gasteiger partial charge in [-0.1, -0.05) is 6.07 Å². The van der Waals surface area contributed by atoms with Crippen molar-refractivity contribution in [1.82, 2.24) is 19.8 Å². The molecule has 4 atom stereocenters. The monoisotopic (exact) mass is 428 g/mol. The summed E-state index contributed by atoms with van der Waals surface area (Å²) in [5.41, 5.74) is 2.06. The molecule has 0 bridgehead atoms. The number of likely N-dealkylation sites (N-methyl/N-ethyl adjacent to an activating group) is 1. The molecule has 10 nitrogen and oxygen atoms in total. The molecule has 0 spiro atoms. The fourth-order valence-corrected chi connectivity index (χ4v) is 3.18. The highest BCUT2D eigenvalue weighted by atomic mass is 16.6. The Balaban J connectivity index is 1.65. The lowest BCUT2D eigenvalue weighted by Gasteiger charge is -2.25. The fraction of sp³-hybridized carbons (Fsp3) is 0.333. The highest BCUT2D eigenvalue weighted by Gasteiger charge is 2.43. The minimum atomic E-state index is -1.26. The highest BCUT2D eigenvalue weighted by molar-refractivity contribution is 5.94. The number of aliphatic hydroxyl groups excluding tert-OH is 3. The Morgan fingerprint density at radius 2 is 2.00 bits per heavy atom. The molecule has 1 fully saturated rings. The largest absolute Gasteiger partial charge is 0.394 e. The Hall–Kier alpha value is -3.18. The average Bonchev–Trinajstić information content (AvgIpc) is 3.10. The van der Waals surface area contributed by atoms with Crippen molar-refractivity contribution < 1.29 is 29.6 Å². The van der Waals surface area contributed by atoms with Gasteiger partial charge >= 0.3 is 0 Å². The third-order valence-corrected chi connectivity index (χ3v) is 4.89. The highest BCUT2D eigenvalue weighted by Crippen LogP contribution is 2.23. The lowest BCUT2D eigenvalue weighted by atomic mass is 10.1. The van der Waals surface area contributed by atoms with E-state index < -0.39 is 37.1 Å². The summed E-state index contributed by atoms with van der Waals surface area (Å²) in [6.07, 6.45) is 1.76. The molecule has 3 rings (SSSR count). The van der Waals surface area contributed by atoms with Crippen molar-refractivity contribution in [2.45, 2.75) is 31.1 Å². The van der Waals surface area contributed by atoms with Crippen LogP contribution in [0.15, 0.2) is 55.0 Å². The van der Waals surface area contributed by atoms with E-state index in [0.29, 0.717) is 12.1 Å². The maximum Gasteiger partial charge on any atom is 0.254 e. The van der Waals surface area contributed by atoms with Gasteiger partial charge in [0.25, 0.3) is 5.91 Å². The number of aliphatic hydroxyl groups is 3. The molecule has 0 radical (unpaired) electrons. The number of carbonyl (C=O) groups is 2. The van der Waals surface area contributed by atoms with E-state index in [1.54, 1.807) is 24.5 Å². The molecule has 3 heterocycles. The Kier molecular flexibility index (Phi) is 7.42. The molecule has 1 saturated heterocycles. The zero-order valence-corrected chi connectivity index (χ0v) is 16.9. The molecule has 2 amide bonds. The van der Waals surface area contributed by atoms with E-state index in [1.165, 1.54) is 18.1 Å². The Labute approximate surface area is 179 Å². The SMILES string of the molecule is CN(/C=C\C(=O)N(C=O)Cc1cc(-c2ccccn2)ccn1)C1OC(CO)C(O)C1O. The van der Waals surface area contributed by atoms with Gasteiger partial charge in [0.1, 0.15) is 18.3 Å². The molecular weight excluding hydrogens is 404 g/mol. The van der Waals surface area contributed by atoms with Crippen LogP contribution in [-0.4, -0.2) is 85.6 Å². The van der Waals surface area contributed by atoms with Crippen molar-refractivity contribution in [1.29, 1.82) is 0 Å². The maximum atomic E-state index is 12.5. The number of hydrogen-bond donors (Lipinski definition) is 3. The molecular formula is C21H24N4O6. The molecule has 31 heavy (non-hydrogen) atoms. The number of rotatable bonds is 8. The van der Waals surface area contributed by atoms with Crippen LogP contribution in [0.1, 0.15) is 5.69 Å². The van der Waals surface area contributed by atoms with Crippen LogP contribution in [0.4, 0.5) is 0 Å². The van der Waals surface area contributed by atoms with Gasteiger partial charge in [0, 0.05) is 37.3 Å². The number of carbonyl (C=O) groups excluding carboxylic acids is 2. The zero-order valence-electron chi connectivity index (χ0n) is 16.9. The summed E-state index contributed by atoms with van der Waals surface area (Å²) in [7, 11) is 1.53. The van der Waals surface area contributed by atoms with Crippen molar-refractivity contribution in [3.8, 4) is 11.3 Å². The average molecular weight is 428 g/mol. The van der Waals surface area contributed by atoms with E-state index in [2.05, 4.69) is 9.97 Å². The molecule has 10 heteroatoms. The van der Waals surface area contributed by atoms with E-state index in [9.17, 15) is 19.8 Å². The Morgan fingerprint density at radius 3 is 2.65 bits per heavy atom. The molecule has 0 aliphatic carbocycles. The lowest BCUT2D eigenvalue weighted by Crippen LogP contribution is -2.40. The third kappa shape index (κ3) is 5.30. The predicted molar refractivity (Wildman–Crippen MR) is 109 cm³/mol.